The molecule has 1 aliphatic heterocycles. The predicted molar refractivity (Wildman–Crippen MR) is 144 cm³/mol. The van der Waals surface area contributed by atoms with Crippen molar-refractivity contribution < 1.29 is 9.59 Å². The molecular weight excluding hydrogens is 569 g/mol. The first-order chi connectivity index (χ1) is 16.0. The lowest BCUT2D eigenvalue weighted by Gasteiger charge is -2.32. The van der Waals surface area contributed by atoms with Crippen LogP contribution in [-0.2, 0) is 16.0 Å². The maximum atomic E-state index is 13.1. The van der Waals surface area contributed by atoms with Gasteiger partial charge in [0.15, 0.2) is 5.17 Å². The summed E-state index contributed by atoms with van der Waals surface area (Å²) in [5, 5.41) is 3.58. The molecule has 8 heteroatoms. The summed E-state index contributed by atoms with van der Waals surface area (Å²) in [6.07, 6.45) is 0.784. The number of nitrogens with one attached hydrogen (secondary N) is 1. The molecule has 1 unspecified atom stereocenters. The summed E-state index contributed by atoms with van der Waals surface area (Å²) in [6, 6.07) is 24.6. The highest BCUT2D eigenvalue weighted by Gasteiger charge is 2.35. The Morgan fingerprint density at radius 3 is 2.45 bits per heavy atom. The molecule has 0 aromatic heterocycles. The number of rotatable bonds is 6. The fraction of sp³-hybridized carbons (Fsp3) is 0.160. The van der Waals surface area contributed by atoms with E-state index in [2.05, 4.69) is 27.9 Å². The number of para-hydroxylation sites is 1. The molecule has 1 heterocycles. The molecule has 3 aromatic carbocycles. The van der Waals surface area contributed by atoms with E-state index in [1.807, 2.05) is 78.9 Å². The van der Waals surface area contributed by atoms with Crippen LogP contribution in [0.3, 0.4) is 0 Å². The topological polar surface area (TPSA) is 61.8 Å². The summed E-state index contributed by atoms with van der Waals surface area (Å²) in [5.74, 6) is -0.312. The Balaban J connectivity index is 1.52. The van der Waals surface area contributed by atoms with Gasteiger partial charge in [-0.15, -0.1) is 0 Å². The van der Waals surface area contributed by atoms with Crippen LogP contribution in [0, 0.1) is 3.57 Å². The molecular formula is C25H21ClIN3O2S. The van der Waals surface area contributed by atoms with Gasteiger partial charge in [-0.05, 0) is 83.1 Å². The van der Waals surface area contributed by atoms with Crippen LogP contribution < -0.4 is 5.32 Å². The smallest absolute Gasteiger partial charge is 0.238 e. The summed E-state index contributed by atoms with van der Waals surface area (Å²) >= 11 is 9.53. The summed E-state index contributed by atoms with van der Waals surface area (Å²) in [7, 11) is 0. The highest BCUT2D eigenvalue weighted by molar-refractivity contribution is 14.1. The van der Waals surface area contributed by atoms with Crippen molar-refractivity contribution >= 4 is 74.3 Å². The molecule has 33 heavy (non-hydrogen) atoms. The first-order valence-electron chi connectivity index (χ1n) is 10.4. The quantitative estimate of drug-likeness (QED) is 0.351. The highest BCUT2D eigenvalue weighted by atomic mass is 127. The van der Waals surface area contributed by atoms with Gasteiger partial charge in [0.05, 0.1) is 5.69 Å². The molecule has 3 aromatic rings. The molecule has 2 amide bonds. The van der Waals surface area contributed by atoms with Crippen LogP contribution >= 0.6 is 46.0 Å². The predicted octanol–water partition coefficient (Wildman–Crippen LogP) is 6.15. The Morgan fingerprint density at radius 2 is 1.76 bits per heavy atom. The second-order valence-electron chi connectivity index (χ2n) is 7.46. The molecule has 0 bridgehead atoms. The Kier molecular flexibility index (Phi) is 8.06. The second kappa shape index (κ2) is 11.2. The molecule has 4 rings (SSSR count). The number of amides is 2. The lowest BCUT2D eigenvalue weighted by Crippen LogP contribution is -2.46. The average Bonchev–Trinajstić information content (AvgIpc) is 2.81. The number of carbonyl (C=O) groups is 2. The van der Waals surface area contributed by atoms with E-state index < -0.39 is 5.25 Å². The number of aliphatic imine (C=N–C) groups is 1. The van der Waals surface area contributed by atoms with E-state index in [1.54, 1.807) is 4.90 Å². The van der Waals surface area contributed by atoms with Crippen LogP contribution in [0.2, 0.25) is 5.02 Å². The molecule has 1 atom stereocenters. The Hall–Kier alpha value is -2.36. The van der Waals surface area contributed by atoms with Gasteiger partial charge >= 0.3 is 0 Å². The van der Waals surface area contributed by atoms with Crippen LogP contribution in [-0.4, -0.2) is 33.7 Å². The van der Waals surface area contributed by atoms with Crippen molar-refractivity contribution in [3.05, 3.63) is 93.0 Å². The zero-order valence-electron chi connectivity index (χ0n) is 17.6. The van der Waals surface area contributed by atoms with E-state index in [0.717, 1.165) is 14.8 Å². The van der Waals surface area contributed by atoms with Crippen molar-refractivity contribution in [2.24, 2.45) is 4.99 Å². The van der Waals surface area contributed by atoms with Gasteiger partial charge in [-0.25, -0.2) is 4.99 Å². The zero-order chi connectivity index (χ0) is 23.2. The standard InChI is InChI=1S/C25H21ClIN3O2S/c26-18-8-6-17(7-9-18)14-15-30-23(31)16-22(24(32)28-21-12-10-19(27)11-13-21)33-25(30)29-20-4-2-1-3-5-20/h1-13,22H,14-16H2,(H,28,32). The molecule has 1 aliphatic rings. The fourth-order valence-electron chi connectivity index (χ4n) is 3.32. The SMILES string of the molecule is O=C(Nc1ccc(I)cc1)C1CC(=O)N(CCc2ccc(Cl)cc2)C(=Nc2ccccc2)S1. The minimum Gasteiger partial charge on any atom is -0.325 e. The highest BCUT2D eigenvalue weighted by Crippen LogP contribution is 2.30. The van der Waals surface area contributed by atoms with E-state index in [1.165, 1.54) is 11.8 Å². The molecule has 1 fully saturated rings. The van der Waals surface area contributed by atoms with Crippen LogP contribution in [0.25, 0.3) is 0 Å². The number of hydrogen-bond acceptors (Lipinski definition) is 4. The zero-order valence-corrected chi connectivity index (χ0v) is 21.3. The van der Waals surface area contributed by atoms with E-state index in [4.69, 9.17) is 16.6 Å². The number of carbonyl (C=O) groups excluding carboxylic acids is 2. The first-order valence-corrected chi connectivity index (χ1v) is 12.7. The summed E-state index contributed by atoms with van der Waals surface area (Å²) in [5.41, 5.74) is 2.53. The van der Waals surface area contributed by atoms with Crippen LogP contribution in [0.1, 0.15) is 12.0 Å². The third-order valence-corrected chi connectivity index (χ3v) is 7.22. The molecule has 0 saturated carbocycles. The van der Waals surface area contributed by atoms with Crippen molar-refractivity contribution in [3.8, 4) is 0 Å². The third-order valence-electron chi connectivity index (χ3n) is 5.06. The van der Waals surface area contributed by atoms with Crippen molar-refractivity contribution in [1.82, 2.24) is 4.90 Å². The average molecular weight is 590 g/mol. The molecule has 5 nitrogen and oxygen atoms in total. The maximum absolute atomic E-state index is 13.1. The number of halogens is 2. The van der Waals surface area contributed by atoms with Gasteiger partial charge in [0, 0.05) is 27.2 Å². The number of amidine groups is 1. The van der Waals surface area contributed by atoms with E-state index in [0.29, 0.717) is 28.8 Å². The van der Waals surface area contributed by atoms with Crippen molar-refractivity contribution in [2.45, 2.75) is 18.1 Å². The van der Waals surface area contributed by atoms with Crippen LogP contribution in [0.4, 0.5) is 11.4 Å². The fourth-order valence-corrected chi connectivity index (χ4v) is 4.93. The summed E-state index contributed by atoms with van der Waals surface area (Å²) < 4.78 is 1.08. The monoisotopic (exact) mass is 589 g/mol. The molecule has 0 aliphatic carbocycles. The lowest BCUT2D eigenvalue weighted by atomic mass is 10.1. The molecule has 1 N–H and O–H groups in total. The Labute approximate surface area is 215 Å². The van der Waals surface area contributed by atoms with Gasteiger partial charge in [-0.1, -0.05) is 53.7 Å². The van der Waals surface area contributed by atoms with E-state index >= 15 is 0 Å². The van der Waals surface area contributed by atoms with E-state index in [-0.39, 0.29) is 18.2 Å². The van der Waals surface area contributed by atoms with E-state index in [9.17, 15) is 9.59 Å². The molecule has 0 radical (unpaired) electrons. The van der Waals surface area contributed by atoms with Crippen LogP contribution in [0.5, 0.6) is 0 Å². The number of anilines is 1. The van der Waals surface area contributed by atoms with Gasteiger partial charge in [0.2, 0.25) is 11.8 Å². The van der Waals surface area contributed by atoms with Gasteiger partial charge in [0.25, 0.3) is 0 Å². The second-order valence-corrected chi connectivity index (χ2v) is 10.3. The third kappa shape index (κ3) is 6.59. The molecule has 0 spiro atoms. The van der Waals surface area contributed by atoms with Gasteiger partial charge in [0.1, 0.15) is 5.25 Å². The number of thioether (sulfide) groups is 1. The van der Waals surface area contributed by atoms with Gasteiger partial charge in [-0.2, -0.15) is 0 Å². The first kappa shape index (κ1) is 23.8. The molecule has 168 valence electrons. The summed E-state index contributed by atoms with van der Waals surface area (Å²) in [6.45, 7) is 0.477. The van der Waals surface area contributed by atoms with Crippen LogP contribution in [0.15, 0.2) is 83.9 Å². The van der Waals surface area contributed by atoms with Crippen molar-refractivity contribution in [2.75, 3.05) is 11.9 Å². The lowest BCUT2D eigenvalue weighted by molar-refractivity contribution is -0.129. The number of nitrogens with zero attached hydrogens (tertiary/aromatic N) is 2. The Bertz CT molecular complexity index is 1150. The van der Waals surface area contributed by atoms with Crippen molar-refractivity contribution in [1.29, 1.82) is 0 Å². The largest absolute Gasteiger partial charge is 0.325 e. The summed E-state index contributed by atoms with van der Waals surface area (Å²) in [4.78, 5) is 32.4. The maximum Gasteiger partial charge on any atom is 0.238 e. The van der Waals surface area contributed by atoms with Gasteiger partial charge in [-0.3, -0.25) is 14.5 Å². The van der Waals surface area contributed by atoms with Crippen molar-refractivity contribution in [3.63, 3.8) is 0 Å². The normalized spacial score (nSPS) is 17.3. The number of benzene rings is 3. The minimum absolute atomic E-state index is 0.111. The minimum atomic E-state index is -0.550. The number of hydrogen-bond donors (Lipinski definition) is 1. The molecule has 1 saturated heterocycles. The van der Waals surface area contributed by atoms with Gasteiger partial charge < -0.3 is 5.32 Å². The Morgan fingerprint density at radius 1 is 1.06 bits per heavy atom.